The first-order valence-electron chi connectivity index (χ1n) is 5.63. The van der Waals surface area contributed by atoms with E-state index in [0.717, 1.165) is 20.9 Å². The Labute approximate surface area is 126 Å². The zero-order valence-electron chi connectivity index (χ0n) is 9.68. The fraction of sp³-hybridized carbons (Fsp3) is 0.0714. The van der Waals surface area contributed by atoms with E-state index in [-0.39, 0.29) is 0 Å². The van der Waals surface area contributed by atoms with Crippen LogP contribution in [0.25, 0.3) is 10.9 Å². The van der Waals surface area contributed by atoms with Gasteiger partial charge in [-0.25, -0.2) is 0 Å². The number of aromatic nitrogens is 1. The molecule has 2 aromatic heterocycles. The van der Waals surface area contributed by atoms with Gasteiger partial charge in [0.1, 0.15) is 11.9 Å². The molecule has 3 rings (SSSR count). The number of benzene rings is 1. The molecule has 0 amide bonds. The number of aliphatic hydroxyl groups is 1. The van der Waals surface area contributed by atoms with Crippen molar-refractivity contribution in [3.8, 4) is 0 Å². The minimum absolute atomic E-state index is 0.469. The molecule has 0 saturated carbocycles. The summed E-state index contributed by atoms with van der Waals surface area (Å²) < 4.78 is 6.81. The molecule has 3 nitrogen and oxygen atoms in total. The Bertz CT molecular complexity index is 714. The van der Waals surface area contributed by atoms with Crippen molar-refractivity contribution in [2.45, 2.75) is 6.10 Å². The van der Waals surface area contributed by atoms with Crippen molar-refractivity contribution >= 4 is 42.8 Å². The van der Waals surface area contributed by atoms with Gasteiger partial charge in [0.05, 0.1) is 9.99 Å². The van der Waals surface area contributed by atoms with Crippen LogP contribution in [0.3, 0.4) is 0 Å². The maximum absolute atomic E-state index is 10.5. The highest BCUT2D eigenvalue weighted by Crippen LogP contribution is 2.34. The predicted molar refractivity (Wildman–Crippen MR) is 79.9 cm³/mol. The van der Waals surface area contributed by atoms with E-state index < -0.39 is 6.10 Å². The van der Waals surface area contributed by atoms with Gasteiger partial charge in [-0.3, -0.25) is 4.98 Å². The van der Waals surface area contributed by atoms with Crippen LogP contribution in [0.4, 0.5) is 0 Å². The van der Waals surface area contributed by atoms with Crippen molar-refractivity contribution in [2.75, 3.05) is 0 Å². The molecular formula is C14H9Br2NO2. The number of hydrogen-bond donors (Lipinski definition) is 1. The van der Waals surface area contributed by atoms with Crippen molar-refractivity contribution in [3.05, 3.63) is 63.1 Å². The highest BCUT2D eigenvalue weighted by atomic mass is 79.9. The molecule has 0 aliphatic carbocycles. The van der Waals surface area contributed by atoms with Crippen LogP contribution in [0.15, 0.2) is 56.2 Å². The van der Waals surface area contributed by atoms with Gasteiger partial charge < -0.3 is 9.52 Å². The molecule has 0 aliphatic heterocycles. The topological polar surface area (TPSA) is 46.3 Å². The quantitative estimate of drug-likeness (QED) is 0.712. The average molecular weight is 383 g/mol. The molecule has 0 radical (unpaired) electrons. The smallest absolute Gasteiger partial charge is 0.183 e. The normalized spacial score (nSPS) is 12.8. The molecule has 0 bridgehead atoms. The third kappa shape index (κ3) is 2.33. The van der Waals surface area contributed by atoms with Crippen LogP contribution in [0.1, 0.15) is 17.4 Å². The van der Waals surface area contributed by atoms with E-state index >= 15 is 0 Å². The molecule has 19 heavy (non-hydrogen) atoms. The van der Waals surface area contributed by atoms with Crippen LogP contribution >= 0.6 is 31.9 Å². The molecule has 0 fully saturated rings. The number of rotatable bonds is 2. The van der Waals surface area contributed by atoms with Crippen molar-refractivity contribution in [2.24, 2.45) is 0 Å². The molecule has 0 spiro atoms. The van der Waals surface area contributed by atoms with E-state index in [9.17, 15) is 5.11 Å². The molecule has 3 aromatic rings. The summed E-state index contributed by atoms with van der Waals surface area (Å²) in [5, 5.41) is 11.4. The molecule has 2 heterocycles. The lowest BCUT2D eigenvalue weighted by Gasteiger charge is -2.10. The summed E-state index contributed by atoms with van der Waals surface area (Å²) in [5.74, 6) is 0.469. The second-order valence-electron chi connectivity index (χ2n) is 4.10. The van der Waals surface area contributed by atoms with Crippen molar-refractivity contribution in [1.82, 2.24) is 4.98 Å². The minimum Gasteiger partial charge on any atom is -0.450 e. The molecule has 96 valence electrons. The third-order valence-corrected chi connectivity index (χ3v) is 4.60. The van der Waals surface area contributed by atoms with Gasteiger partial charge in [-0.2, -0.15) is 0 Å². The van der Waals surface area contributed by atoms with Gasteiger partial charge in [-0.05, 0) is 44.0 Å². The Morgan fingerprint density at radius 1 is 1.16 bits per heavy atom. The average Bonchev–Trinajstić information content (AvgIpc) is 2.77. The number of fused-ring (bicyclic) bond motifs is 1. The van der Waals surface area contributed by atoms with Crippen LogP contribution in [0.2, 0.25) is 0 Å². The number of furan rings is 1. The van der Waals surface area contributed by atoms with E-state index in [4.69, 9.17) is 4.42 Å². The Morgan fingerprint density at radius 3 is 2.68 bits per heavy atom. The van der Waals surface area contributed by atoms with E-state index in [0.29, 0.717) is 10.4 Å². The molecule has 1 atom stereocenters. The molecule has 0 aliphatic rings. The van der Waals surface area contributed by atoms with Crippen molar-refractivity contribution in [3.63, 3.8) is 0 Å². The summed E-state index contributed by atoms with van der Waals surface area (Å²) in [5.41, 5.74) is 1.51. The summed E-state index contributed by atoms with van der Waals surface area (Å²) in [6.45, 7) is 0. The number of halogens is 2. The third-order valence-electron chi connectivity index (χ3n) is 2.89. The summed E-state index contributed by atoms with van der Waals surface area (Å²) >= 11 is 6.61. The minimum atomic E-state index is -0.846. The first-order chi connectivity index (χ1) is 9.16. The maximum Gasteiger partial charge on any atom is 0.183 e. The zero-order valence-corrected chi connectivity index (χ0v) is 12.8. The van der Waals surface area contributed by atoms with E-state index in [1.807, 2.05) is 30.3 Å². The zero-order chi connectivity index (χ0) is 13.4. The Hall–Kier alpha value is -1.17. The van der Waals surface area contributed by atoms with E-state index in [1.165, 1.54) is 0 Å². The van der Waals surface area contributed by atoms with Gasteiger partial charge in [0, 0.05) is 17.1 Å². The standard InChI is InChI=1S/C14H9Br2NO2/c15-10-7-11(19-14(10)16)13(18)9-5-1-3-8-4-2-6-17-12(8)9/h1-7,13,18H. The Morgan fingerprint density at radius 2 is 1.95 bits per heavy atom. The lowest BCUT2D eigenvalue weighted by molar-refractivity contribution is 0.189. The van der Waals surface area contributed by atoms with Gasteiger partial charge in [-0.1, -0.05) is 24.3 Å². The number of hydrogen-bond acceptors (Lipinski definition) is 3. The summed E-state index contributed by atoms with van der Waals surface area (Å²) in [7, 11) is 0. The summed E-state index contributed by atoms with van der Waals surface area (Å²) in [6.07, 6.45) is 0.869. The van der Waals surface area contributed by atoms with E-state index in [1.54, 1.807) is 12.3 Å². The fourth-order valence-electron chi connectivity index (χ4n) is 2.00. The van der Waals surface area contributed by atoms with Crippen LogP contribution in [-0.4, -0.2) is 10.1 Å². The predicted octanol–water partition coefficient (Wildman–Crippen LogP) is 4.43. The number of pyridine rings is 1. The van der Waals surface area contributed by atoms with Crippen molar-refractivity contribution < 1.29 is 9.52 Å². The highest BCUT2D eigenvalue weighted by molar-refractivity contribution is 9.13. The SMILES string of the molecule is OC(c1cc(Br)c(Br)o1)c1cccc2cccnc12. The second kappa shape index (κ2) is 5.07. The van der Waals surface area contributed by atoms with Gasteiger partial charge in [0.25, 0.3) is 0 Å². The van der Waals surface area contributed by atoms with Gasteiger partial charge >= 0.3 is 0 Å². The monoisotopic (exact) mass is 381 g/mol. The Balaban J connectivity index is 2.13. The van der Waals surface area contributed by atoms with Crippen LogP contribution < -0.4 is 0 Å². The van der Waals surface area contributed by atoms with E-state index in [2.05, 4.69) is 36.8 Å². The molecule has 1 aromatic carbocycles. The highest BCUT2D eigenvalue weighted by Gasteiger charge is 2.19. The van der Waals surface area contributed by atoms with Gasteiger partial charge in [-0.15, -0.1) is 0 Å². The summed E-state index contributed by atoms with van der Waals surface area (Å²) in [6, 6.07) is 11.3. The van der Waals surface area contributed by atoms with Crippen LogP contribution in [-0.2, 0) is 0 Å². The fourth-order valence-corrected chi connectivity index (χ4v) is 2.61. The first-order valence-corrected chi connectivity index (χ1v) is 7.22. The molecule has 0 saturated heterocycles. The van der Waals surface area contributed by atoms with Crippen LogP contribution in [0, 0.1) is 0 Å². The lowest BCUT2D eigenvalue weighted by atomic mass is 10.0. The largest absolute Gasteiger partial charge is 0.450 e. The number of nitrogens with zero attached hydrogens (tertiary/aromatic N) is 1. The van der Waals surface area contributed by atoms with Gasteiger partial charge in [0.15, 0.2) is 4.67 Å². The lowest BCUT2D eigenvalue weighted by Crippen LogP contribution is -1.99. The number of para-hydroxylation sites is 1. The van der Waals surface area contributed by atoms with Crippen molar-refractivity contribution in [1.29, 1.82) is 0 Å². The molecule has 5 heteroatoms. The maximum atomic E-state index is 10.5. The number of aliphatic hydroxyl groups excluding tert-OH is 1. The summed E-state index contributed by atoms with van der Waals surface area (Å²) in [4.78, 5) is 4.33. The first kappa shape index (κ1) is 12.8. The van der Waals surface area contributed by atoms with Crippen LogP contribution in [0.5, 0.6) is 0 Å². The molecule has 1 unspecified atom stereocenters. The molecule has 1 N–H and O–H groups in total. The molecular weight excluding hydrogens is 374 g/mol. The second-order valence-corrected chi connectivity index (χ2v) is 5.67. The Kier molecular flexibility index (Phi) is 3.43. The van der Waals surface area contributed by atoms with Gasteiger partial charge in [0.2, 0.25) is 0 Å².